The van der Waals surface area contributed by atoms with Gasteiger partial charge in [-0.25, -0.2) is 0 Å². The Balaban J connectivity index is 2.23. The fourth-order valence-electron chi connectivity index (χ4n) is 1.81. The molecule has 1 amide bonds. The minimum absolute atomic E-state index is 0.201. The summed E-state index contributed by atoms with van der Waals surface area (Å²) in [6.45, 7) is 0.548. The van der Waals surface area contributed by atoms with Crippen molar-refractivity contribution in [3.05, 3.63) is 21.9 Å². The summed E-state index contributed by atoms with van der Waals surface area (Å²) in [5.41, 5.74) is 0.422. The van der Waals surface area contributed by atoms with E-state index in [1.807, 2.05) is 0 Å². The number of carbonyl (C=O) groups excluding carboxylic acids is 1. The zero-order valence-electron chi connectivity index (χ0n) is 11.3. The number of hydrogen-bond acceptors (Lipinski definition) is 2. The Labute approximate surface area is 127 Å². The van der Waals surface area contributed by atoms with Crippen LogP contribution in [0.25, 0.3) is 0 Å². The number of aliphatic carboxylic acids is 1. The van der Waals surface area contributed by atoms with Crippen LogP contribution in [0.3, 0.4) is 0 Å². The maximum absolute atomic E-state index is 11.9. The van der Waals surface area contributed by atoms with Gasteiger partial charge in [0.2, 0.25) is 0 Å². The van der Waals surface area contributed by atoms with Crippen LogP contribution in [0.4, 0.5) is 0 Å². The first-order chi connectivity index (χ1) is 9.43. The van der Waals surface area contributed by atoms with Gasteiger partial charge in [0.25, 0.3) is 5.91 Å². The molecule has 0 bridgehead atoms. The van der Waals surface area contributed by atoms with Crippen molar-refractivity contribution in [2.75, 3.05) is 6.54 Å². The van der Waals surface area contributed by atoms with Crippen molar-refractivity contribution < 1.29 is 14.7 Å². The number of rotatable bonds is 8. The standard InChI is InChI=1S/C13H18Cl2N2O3/c1-17-10(8-9(14)12(17)15)13(20)16-7-5-3-2-4-6-11(18)19/h8H,2-7H2,1H3,(H,16,20)(H,18,19). The van der Waals surface area contributed by atoms with Crippen molar-refractivity contribution in [3.63, 3.8) is 0 Å². The number of halogens is 2. The van der Waals surface area contributed by atoms with E-state index in [1.54, 1.807) is 7.05 Å². The van der Waals surface area contributed by atoms with Gasteiger partial charge in [0.15, 0.2) is 0 Å². The smallest absolute Gasteiger partial charge is 0.303 e. The van der Waals surface area contributed by atoms with Gasteiger partial charge in [0.1, 0.15) is 10.8 Å². The molecule has 7 heteroatoms. The number of carboxylic acids is 1. The molecule has 0 spiro atoms. The number of aromatic nitrogens is 1. The van der Waals surface area contributed by atoms with Crippen molar-refractivity contribution >= 4 is 35.1 Å². The SMILES string of the molecule is Cn1c(C(=O)NCCCCCCC(=O)O)cc(Cl)c1Cl. The monoisotopic (exact) mass is 320 g/mol. The van der Waals surface area contributed by atoms with Gasteiger partial charge >= 0.3 is 5.97 Å². The van der Waals surface area contributed by atoms with E-state index in [-0.39, 0.29) is 12.3 Å². The fraction of sp³-hybridized carbons (Fsp3) is 0.538. The molecular weight excluding hydrogens is 303 g/mol. The molecule has 2 N–H and O–H groups in total. The van der Waals surface area contributed by atoms with Crippen LogP contribution in [0.1, 0.15) is 42.6 Å². The summed E-state index contributed by atoms with van der Waals surface area (Å²) in [5, 5.41) is 12.0. The van der Waals surface area contributed by atoms with Gasteiger partial charge in [0.05, 0.1) is 5.02 Å². The van der Waals surface area contributed by atoms with Gasteiger partial charge in [0, 0.05) is 20.0 Å². The summed E-state index contributed by atoms with van der Waals surface area (Å²) in [6.07, 6.45) is 3.43. The second-order valence-corrected chi connectivity index (χ2v) is 5.31. The molecule has 0 aliphatic heterocycles. The molecule has 5 nitrogen and oxygen atoms in total. The lowest BCUT2D eigenvalue weighted by atomic mass is 10.1. The van der Waals surface area contributed by atoms with Crippen molar-refractivity contribution in [1.82, 2.24) is 9.88 Å². The Kier molecular flexibility index (Phi) is 6.88. The largest absolute Gasteiger partial charge is 0.481 e. The molecule has 0 atom stereocenters. The molecule has 0 radical (unpaired) electrons. The molecule has 0 aliphatic rings. The molecule has 0 aliphatic carbocycles. The van der Waals surface area contributed by atoms with Crippen molar-refractivity contribution in [3.8, 4) is 0 Å². The number of hydrogen-bond donors (Lipinski definition) is 2. The molecule has 0 aromatic carbocycles. The first-order valence-electron chi connectivity index (χ1n) is 6.44. The normalized spacial score (nSPS) is 10.6. The highest BCUT2D eigenvalue weighted by molar-refractivity contribution is 6.41. The predicted octanol–water partition coefficient (Wildman–Crippen LogP) is 3.10. The number of nitrogens with zero attached hydrogens (tertiary/aromatic N) is 1. The molecule has 1 aromatic rings. The Morgan fingerprint density at radius 2 is 1.90 bits per heavy atom. The molecule has 1 aromatic heterocycles. The van der Waals surface area contributed by atoms with Crippen molar-refractivity contribution in [2.45, 2.75) is 32.1 Å². The lowest BCUT2D eigenvalue weighted by Gasteiger charge is -2.06. The zero-order valence-corrected chi connectivity index (χ0v) is 12.8. The van der Waals surface area contributed by atoms with E-state index in [4.69, 9.17) is 28.3 Å². The topological polar surface area (TPSA) is 71.3 Å². The molecule has 0 saturated carbocycles. The molecule has 0 saturated heterocycles. The van der Waals surface area contributed by atoms with Crippen LogP contribution >= 0.6 is 23.2 Å². The Hall–Kier alpha value is -1.20. The van der Waals surface area contributed by atoms with Gasteiger partial charge in [-0.1, -0.05) is 36.0 Å². The van der Waals surface area contributed by atoms with Gasteiger partial charge < -0.3 is 15.0 Å². The molecular formula is C13H18Cl2N2O3. The van der Waals surface area contributed by atoms with E-state index in [0.29, 0.717) is 28.8 Å². The van der Waals surface area contributed by atoms with Crippen LogP contribution in [-0.2, 0) is 11.8 Å². The van der Waals surface area contributed by atoms with Crippen molar-refractivity contribution in [1.29, 1.82) is 0 Å². The minimum atomic E-state index is -0.768. The maximum atomic E-state index is 11.9. The van der Waals surface area contributed by atoms with E-state index in [2.05, 4.69) is 5.32 Å². The number of carboxylic acid groups (broad SMARTS) is 1. The summed E-state index contributed by atoms with van der Waals surface area (Å²) < 4.78 is 1.53. The Morgan fingerprint density at radius 1 is 1.25 bits per heavy atom. The third-order valence-corrected chi connectivity index (χ3v) is 3.79. The molecule has 1 heterocycles. The van der Waals surface area contributed by atoms with E-state index in [0.717, 1.165) is 19.3 Å². The number of unbranched alkanes of at least 4 members (excludes halogenated alkanes) is 3. The van der Waals surface area contributed by atoms with Crippen LogP contribution in [0, 0.1) is 0 Å². The predicted molar refractivity (Wildman–Crippen MR) is 78.5 cm³/mol. The van der Waals surface area contributed by atoms with Gasteiger partial charge in [-0.15, -0.1) is 0 Å². The van der Waals surface area contributed by atoms with Gasteiger partial charge in [-0.05, 0) is 18.9 Å². The van der Waals surface area contributed by atoms with Crippen LogP contribution in [0.5, 0.6) is 0 Å². The highest BCUT2D eigenvalue weighted by Gasteiger charge is 2.14. The maximum Gasteiger partial charge on any atom is 0.303 e. The molecule has 1 rings (SSSR count). The van der Waals surface area contributed by atoms with Crippen LogP contribution in [0.2, 0.25) is 10.2 Å². The lowest BCUT2D eigenvalue weighted by Crippen LogP contribution is -2.26. The highest BCUT2D eigenvalue weighted by atomic mass is 35.5. The van der Waals surface area contributed by atoms with E-state index >= 15 is 0 Å². The fourth-order valence-corrected chi connectivity index (χ4v) is 2.18. The van der Waals surface area contributed by atoms with Crippen LogP contribution < -0.4 is 5.32 Å². The lowest BCUT2D eigenvalue weighted by molar-refractivity contribution is -0.137. The third kappa shape index (κ3) is 5.06. The van der Waals surface area contributed by atoms with Gasteiger partial charge in [-0.3, -0.25) is 9.59 Å². The first kappa shape index (κ1) is 16.9. The average molecular weight is 321 g/mol. The second kappa shape index (κ2) is 8.17. The first-order valence-corrected chi connectivity index (χ1v) is 7.19. The summed E-state index contributed by atoms with van der Waals surface area (Å²) in [5.74, 6) is -0.984. The summed E-state index contributed by atoms with van der Waals surface area (Å²) >= 11 is 11.7. The van der Waals surface area contributed by atoms with Crippen LogP contribution in [0.15, 0.2) is 6.07 Å². The number of amides is 1. The van der Waals surface area contributed by atoms with Gasteiger partial charge in [-0.2, -0.15) is 0 Å². The highest BCUT2D eigenvalue weighted by Crippen LogP contribution is 2.24. The van der Waals surface area contributed by atoms with E-state index < -0.39 is 5.97 Å². The summed E-state index contributed by atoms with van der Waals surface area (Å²) in [4.78, 5) is 22.2. The molecule has 20 heavy (non-hydrogen) atoms. The molecule has 0 fully saturated rings. The van der Waals surface area contributed by atoms with E-state index in [9.17, 15) is 9.59 Å². The quantitative estimate of drug-likeness (QED) is 0.723. The Bertz CT molecular complexity index is 486. The third-order valence-electron chi connectivity index (χ3n) is 2.95. The molecule has 112 valence electrons. The number of nitrogens with one attached hydrogen (secondary N) is 1. The average Bonchev–Trinajstić information content (AvgIpc) is 2.65. The summed E-state index contributed by atoms with van der Waals surface area (Å²) in [7, 11) is 1.68. The van der Waals surface area contributed by atoms with E-state index in [1.165, 1.54) is 10.6 Å². The molecule has 0 unspecified atom stereocenters. The summed E-state index contributed by atoms with van der Waals surface area (Å²) in [6, 6.07) is 1.53. The minimum Gasteiger partial charge on any atom is -0.481 e. The number of carbonyl (C=O) groups is 2. The second-order valence-electron chi connectivity index (χ2n) is 4.54. The van der Waals surface area contributed by atoms with Crippen molar-refractivity contribution in [2.24, 2.45) is 7.05 Å². The Morgan fingerprint density at radius 3 is 2.45 bits per heavy atom. The zero-order chi connectivity index (χ0) is 15.1. The van der Waals surface area contributed by atoms with Crippen LogP contribution in [-0.4, -0.2) is 28.1 Å².